The van der Waals surface area contributed by atoms with Crippen molar-refractivity contribution < 1.29 is 30.0 Å². The SMILES string of the molecule is B=C1C(C(N)=O)=C(O)[C@@H](N(C)C)[C@@H]2C[C@@H]3Cc4c(c(O)cc(CN5CCC(O)CC5)c4N(C)C)C(=O)C3=C(O)[C@]12P. The Morgan fingerprint density at radius 3 is 2.39 bits per heavy atom. The van der Waals surface area contributed by atoms with Gasteiger partial charge in [0.2, 0.25) is 0 Å². The summed E-state index contributed by atoms with van der Waals surface area (Å²) in [4.78, 5) is 32.6. The van der Waals surface area contributed by atoms with Crippen LogP contribution in [-0.2, 0) is 17.8 Å². The number of nitrogens with zero attached hydrogens (tertiary/aromatic N) is 3. The van der Waals surface area contributed by atoms with Crippen LogP contribution in [0.4, 0.5) is 5.69 Å². The van der Waals surface area contributed by atoms with Crippen LogP contribution in [0, 0.1) is 11.8 Å². The number of hydrogen-bond donors (Lipinski definition) is 5. The number of phenols is 1. The molecule has 1 aliphatic heterocycles. The fourth-order valence-electron chi connectivity index (χ4n) is 7.61. The van der Waals surface area contributed by atoms with E-state index >= 15 is 0 Å². The number of aromatic hydroxyl groups is 1. The molecule has 0 spiro atoms. The maximum absolute atomic E-state index is 14.2. The van der Waals surface area contributed by atoms with Crippen molar-refractivity contribution in [2.24, 2.45) is 17.6 Å². The van der Waals surface area contributed by atoms with Crippen LogP contribution in [0.5, 0.6) is 5.75 Å². The third-order valence-corrected chi connectivity index (χ3v) is 10.5. The van der Waals surface area contributed by atoms with Gasteiger partial charge in [0.1, 0.15) is 0 Å². The zero-order chi connectivity index (χ0) is 30.1. The average molecular weight is 582 g/mol. The quantitative estimate of drug-likeness (QED) is 0.248. The van der Waals surface area contributed by atoms with Gasteiger partial charge < -0.3 is 5.11 Å². The monoisotopic (exact) mass is 582 g/mol. The van der Waals surface area contributed by atoms with E-state index in [1.165, 1.54) is 0 Å². The number of fused-ring (bicyclic) bond motifs is 3. The van der Waals surface area contributed by atoms with Crippen molar-refractivity contribution in [2.45, 2.75) is 49.5 Å². The first-order chi connectivity index (χ1) is 19.2. The molecule has 1 saturated heterocycles. The molecule has 0 saturated carbocycles. The minimum absolute atomic E-state index is 0.134. The van der Waals surface area contributed by atoms with Gasteiger partial charge in [-0.15, -0.1) is 0 Å². The van der Waals surface area contributed by atoms with Crippen LogP contribution in [-0.4, -0.2) is 113 Å². The predicted molar refractivity (Wildman–Crippen MR) is 163 cm³/mol. The first-order valence-electron chi connectivity index (χ1n) is 14.0. The summed E-state index contributed by atoms with van der Waals surface area (Å²) in [6, 6.07) is 0.994. The second kappa shape index (κ2) is 10.5. The average Bonchev–Trinajstić information content (AvgIpc) is 2.86. The summed E-state index contributed by atoms with van der Waals surface area (Å²) < 4.78 is 0. The first-order valence-corrected chi connectivity index (χ1v) is 14.6. The van der Waals surface area contributed by atoms with Crippen LogP contribution in [0.15, 0.2) is 28.7 Å². The number of anilines is 1. The molecule has 5 rings (SSSR count). The van der Waals surface area contributed by atoms with E-state index in [1.54, 1.807) is 25.1 Å². The second-order valence-corrected chi connectivity index (χ2v) is 13.3. The number of rotatable bonds is 5. The predicted octanol–water partition coefficient (Wildman–Crippen LogP) is 0.530. The number of Topliss-reactive ketones (excluding diaryl/α,β-unsaturated/α-hetero) is 1. The van der Waals surface area contributed by atoms with E-state index in [0.717, 1.165) is 29.9 Å². The molecule has 1 heterocycles. The van der Waals surface area contributed by atoms with E-state index < -0.39 is 28.8 Å². The molecule has 4 aliphatic rings. The van der Waals surface area contributed by atoms with Gasteiger partial charge in [0.05, 0.1) is 6.10 Å². The topological polar surface area (TPSA) is 151 Å². The number of likely N-dealkylation sites (tertiary alicyclic amines) is 1. The molecule has 41 heavy (non-hydrogen) atoms. The van der Waals surface area contributed by atoms with Gasteiger partial charge in [-0.25, -0.2) is 0 Å². The number of nitrogens with two attached hydrogens (primary N) is 1. The van der Waals surface area contributed by atoms with Crippen LogP contribution >= 0.6 is 9.24 Å². The number of carbonyl (C=O) groups excluding carboxylic acids is 2. The number of hydrogen-bond acceptors (Lipinski definition) is 9. The van der Waals surface area contributed by atoms with Crippen molar-refractivity contribution >= 4 is 39.6 Å². The molecule has 1 aromatic rings. The Morgan fingerprint density at radius 1 is 1.20 bits per heavy atom. The number of primary amides is 1. The Morgan fingerprint density at radius 2 is 1.83 bits per heavy atom. The molecule has 10 nitrogen and oxygen atoms in total. The molecule has 1 fully saturated rings. The number of benzene rings is 1. The molecule has 1 unspecified atom stereocenters. The number of phenolic OH excluding ortho intramolecular Hbond substituents is 1. The van der Waals surface area contributed by atoms with Crippen LogP contribution in [0.1, 0.15) is 40.7 Å². The van der Waals surface area contributed by atoms with Crippen molar-refractivity contribution in [1.29, 1.82) is 0 Å². The molecule has 1 amide bonds. The standard InChI is InChI=1S/C29H40BN4O6P/c1-32(2)22-14(12-34-7-5-15(35)6-8-34)11-18(36)20-16(22)9-13-10-17-23(33(3)4)25(38)21(28(31)40)26(30)29(17,41)27(39)19(13)24(20)37/h11,13,15,17,23,30,35-36,38-39H,5-10,12,41H2,1-4H3,(H2,31,40)/t13-,17-,23-,29+/m0/s1. The third-order valence-electron chi connectivity index (χ3n) is 9.48. The third kappa shape index (κ3) is 4.53. The number of amides is 1. The van der Waals surface area contributed by atoms with Gasteiger partial charge >= 0.3 is 220 Å². The molecule has 6 N–H and O–H groups in total. The normalized spacial score (nSPS) is 29.0. The summed E-state index contributed by atoms with van der Waals surface area (Å²) >= 11 is 0. The van der Waals surface area contributed by atoms with Crippen molar-refractivity contribution in [3.63, 3.8) is 0 Å². The Kier molecular flexibility index (Phi) is 7.64. The summed E-state index contributed by atoms with van der Waals surface area (Å²) in [5, 5.41) is 42.9. The zero-order valence-electron chi connectivity index (χ0n) is 24.1. The Labute approximate surface area is 243 Å². The summed E-state index contributed by atoms with van der Waals surface area (Å²) in [5.74, 6) is -2.66. The number of piperidine rings is 1. The molecule has 0 bridgehead atoms. The fraction of sp³-hybridized carbons (Fsp3) is 0.552. The number of aliphatic hydroxyl groups excluding tert-OH is 3. The van der Waals surface area contributed by atoms with Crippen molar-refractivity contribution in [3.05, 3.63) is 45.4 Å². The summed E-state index contributed by atoms with van der Waals surface area (Å²) in [6.07, 6.45) is 1.92. The summed E-state index contributed by atoms with van der Waals surface area (Å²) in [6.45, 7) is 2.06. The van der Waals surface area contributed by atoms with Gasteiger partial charge in [0, 0.05) is 0 Å². The Hall–Kier alpha value is -2.72. The number of allylic oxidation sites excluding steroid dienone is 2. The van der Waals surface area contributed by atoms with Crippen molar-refractivity contribution in [3.8, 4) is 5.75 Å². The van der Waals surface area contributed by atoms with E-state index in [1.807, 2.05) is 19.0 Å². The number of ketones is 1. The van der Waals surface area contributed by atoms with Crippen LogP contribution < -0.4 is 10.6 Å². The summed E-state index contributed by atoms with van der Waals surface area (Å²) in [5.41, 5.74) is 8.53. The number of aliphatic hydroxyl groups is 3. The Balaban J connectivity index is 1.64. The molecule has 220 valence electrons. The molecule has 0 radical (unpaired) electrons. The van der Waals surface area contributed by atoms with Crippen molar-refractivity contribution in [1.82, 2.24) is 9.80 Å². The molecule has 12 heteroatoms. The molecule has 1 aromatic carbocycles. The molecular weight excluding hydrogens is 542 g/mol. The van der Waals surface area contributed by atoms with E-state index in [9.17, 15) is 30.0 Å². The molecule has 5 atom stereocenters. The van der Waals surface area contributed by atoms with Gasteiger partial charge in [-0.3, -0.25) is 0 Å². The van der Waals surface area contributed by atoms with E-state index in [0.29, 0.717) is 32.2 Å². The molecule has 0 aromatic heterocycles. The number of carbonyl (C=O) groups is 2. The van der Waals surface area contributed by atoms with Gasteiger partial charge in [-0.1, -0.05) is 0 Å². The van der Waals surface area contributed by atoms with Crippen LogP contribution in [0.25, 0.3) is 0 Å². The maximum atomic E-state index is 14.2. The van der Waals surface area contributed by atoms with Crippen molar-refractivity contribution in [2.75, 3.05) is 46.2 Å². The minimum atomic E-state index is -1.30. The van der Waals surface area contributed by atoms with Gasteiger partial charge in [0.15, 0.2) is 0 Å². The van der Waals surface area contributed by atoms with E-state index in [4.69, 9.17) is 5.73 Å². The molecule has 3 aliphatic carbocycles. The number of likely N-dealkylation sites (N-methyl/N-ethyl adjacent to an activating group) is 1. The van der Waals surface area contributed by atoms with Gasteiger partial charge in [0.25, 0.3) is 0 Å². The van der Waals surface area contributed by atoms with Gasteiger partial charge in [-0.2, -0.15) is 0 Å². The van der Waals surface area contributed by atoms with Crippen LogP contribution in [0.3, 0.4) is 0 Å². The Bertz CT molecular complexity index is 1400. The van der Waals surface area contributed by atoms with E-state index in [2.05, 4.69) is 21.6 Å². The summed E-state index contributed by atoms with van der Waals surface area (Å²) in [7, 11) is 14.1. The van der Waals surface area contributed by atoms with Crippen LogP contribution in [0.2, 0.25) is 0 Å². The first kappa shape index (κ1) is 29.8. The van der Waals surface area contributed by atoms with E-state index in [-0.39, 0.29) is 51.5 Å². The molecular formula is C29H40BN4O6P. The second-order valence-electron chi connectivity index (χ2n) is 12.4. The zero-order valence-corrected chi connectivity index (χ0v) is 25.3. The fourth-order valence-corrected chi connectivity index (χ4v) is 8.22. The van der Waals surface area contributed by atoms with Gasteiger partial charge in [-0.05, 0) is 12.8 Å².